The van der Waals surface area contributed by atoms with Gasteiger partial charge < -0.3 is 19.3 Å². The summed E-state index contributed by atoms with van der Waals surface area (Å²) in [6.45, 7) is 7.35. The molecule has 0 bridgehead atoms. The second kappa shape index (κ2) is 14.1. The minimum atomic E-state index is -0.472. The van der Waals surface area contributed by atoms with Crippen molar-refractivity contribution in [1.29, 1.82) is 0 Å². The molecule has 0 radical (unpaired) electrons. The van der Waals surface area contributed by atoms with Crippen molar-refractivity contribution in [1.82, 2.24) is 0 Å². The van der Waals surface area contributed by atoms with Gasteiger partial charge in [-0.1, -0.05) is 30.4 Å². The SMILES string of the molecule is COC(=O)c1ccc(C(=O)N(C)c2ccc(C(=O)N(C)c3ccc(/C=C/c4ccc(C(C)=O)c(OC(C)(C)C)c4)cc3)cc2)cc1. The lowest BCUT2D eigenvalue weighted by molar-refractivity contribution is 0.0600. The molecule has 0 N–H and O–H groups in total. The minimum absolute atomic E-state index is 0.0526. The number of esters is 1. The van der Waals surface area contributed by atoms with Crippen molar-refractivity contribution in [2.45, 2.75) is 33.3 Å². The molecule has 2 amide bonds. The van der Waals surface area contributed by atoms with Crippen LogP contribution < -0.4 is 14.5 Å². The molecule has 4 aromatic carbocycles. The molecule has 0 saturated carbocycles. The maximum atomic E-state index is 13.3. The van der Waals surface area contributed by atoms with Crippen LogP contribution in [0, 0.1) is 0 Å². The van der Waals surface area contributed by atoms with Crippen LogP contribution in [0.3, 0.4) is 0 Å². The Balaban J connectivity index is 1.41. The summed E-state index contributed by atoms with van der Waals surface area (Å²) in [6.07, 6.45) is 3.91. The van der Waals surface area contributed by atoms with Crippen LogP contribution in [0.4, 0.5) is 11.4 Å². The zero-order valence-corrected chi connectivity index (χ0v) is 27.2. The number of nitrogens with zero attached hydrogens (tertiary/aromatic N) is 2. The van der Waals surface area contributed by atoms with Gasteiger partial charge in [-0.05, 0) is 112 Å². The molecule has 46 heavy (non-hydrogen) atoms. The Labute approximate surface area is 269 Å². The monoisotopic (exact) mass is 618 g/mol. The Kier molecular flexibility index (Phi) is 10.2. The average Bonchev–Trinajstić information content (AvgIpc) is 3.05. The Morgan fingerprint density at radius 2 is 1.07 bits per heavy atom. The largest absolute Gasteiger partial charge is 0.487 e. The highest BCUT2D eigenvalue weighted by atomic mass is 16.5. The first-order valence-electron chi connectivity index (χ1n) is 14.7. The van der Waals surface area contributed by atoms with Crippen molar-refractivity contribution in [2.75, 3.05) is 31.0 Å². The van der Waals surface area contributed by atoms with Gasteiger partial charge in [0.2, 0.25) is 0 Å². The van der Waals surface area contributed by atoms with Gasteiger partial charge in [-0.3, -0.25) is 14.4 Å². The molecule has 8 heteroatoms. The fraction of sp³-hybridized carbons (Fsp3) is 0.211. The molecular formula is C38H38N2O6. The smallest absolute Gasteiger partial charge is 0.337 e. The fourth-order valence-corrected chi connectivity index (χ4v) is 4.67. The van der Waals surface area contributed by atoms with E-state index >= 15 is 0 Å². The number of ketones is 1. The summed E-state index contributed by atoms with van der Waals surface area (Å²) in [5.74, 6) is -0.424. The molecule has 0 aliphatic rings. The molecule has 0 fully saturated rings. The van der Waals surface area contributed by atoms with E-state index in [-0.39, 0.29) is 17.6 Å². The topological polar surface area (TPSA) is 93.2 Å². The maximum absolute atomic E-state index is 13.3. The van der Waals surface area contributed by atoms with E-state index in [2.05, 4.69) is 0 Å². The van der Waals surface area contributed by atoms with Crippen molar-refractivity contribution < 1.29 is 28.7 Å². The van der Waals surface area contributed by atoms with Crippen LogP contribution in [-0.2, 0) is 4.74 Å². The molecule has 4 rings (SSSR count). The van der Waals surface area contributed by atoms with Gasteiger partial charge in [0.25, 0.3) is 11.8 Å². The molecule has 0 unspecified atom stereocenters. The van der Waals surface area contributed by atoms with E-state index in [0.717, 1.165) is 16.8 Å². The Morgan fingerprint density at radius 1 is 0.630 bits per heavy atom. The second-order valence-electron chi connectivity index (χ2n) is 11.8. The molecule has 0 atom stereocenters. The van der Waals surface area contributed by atoms with Crippen LogP contribution in [0.2, 0.25) is 0 Å². The third kappa shape index (κ3) is 8.15. The predicted molar refractivity (Wildman–Crippen MR) is 182 cm³/mol. The van der Waals surface area contributed by atoms with Crippen LogP contribution in [-0.4, -0.2) is 50.4 Å². The summed E-state index contributed by atoms with van der Waals surface area (Å²) in [6, 6.07) is 26.2. The van der Waals surface area contributed by atoms with Crippen molar-refractivity contribution in [3.63, 3.8) is 0 Å². The summed E-state index contributed by atoms with van der Waals surface area (Å²) in [5, 5.41) is 0. The Hall–Kier alpha value is -5.50. The van der Waals surface area contributed by atoms with E-state index in [0.29, 0.717) is 33.7 Å². The van der Waals surface area contributed by atoms with Crippen LogP contribution in [0.1, 0.15) is 80.3 Å². The van der Waals surface area contributed by atoms with E-state index in [9.17, 15) is 19.2 Å². The van der Waals surface area contributed by atoms with Gasteiger partial charge in [-0.2, -0.15) is 0 Å². The highest BCUT2D eigenvalue weighted by molar-refractivity contribution is 6.08. The Morgan fingerprint density at radius 3 is 1.54 bits per heavy atom. The summed E-state index contributed by atoms with van der Waals surface area (Å²) in [7, 11) is 4.66. The average molecular weight is 619 g/mol. The van der Waals surface area contributed by atoms with Crippen LogP contribution in [0.15, 0.2) is 91.0 Å². The van der Waals surface area contributed by atoms with E-state index < -0.39 is 11.6 Å². The lowest BCUT2D eigenvalue weighted by Gasteiger charge is -2.23. The zero-order valence-electron chi connectivity index (χ0n) is 27.2. The van der Waals surface area contributed by atoms with Crippen molar-refractivity contribution in [3.8, 4) is 5.75 Å². The van der Waals surface area contributed by atoms with Gasteiger partial charge in [0.05, 0.1) is 18.2 Å². The number of ether oxygens (including phenoxy) is 2. The molecule has 0 aliphatic carbocycles. The number of methoxy groups -OCH3 is 1. The normalized spacial score (nSPS) is 11.2. The Bertz CT molecular complexity index is 1770. The molecular weight excluding hydrogens is 580 g/mol. The van der Waals surface area contributed by atoms with Crippen LogP contribution >= 0.6 is 0 Å². The molecule has 236 valence electrons. The number of benzene rings is 4. The third-order valence-corrected chi connectivity index (χ3v) is 7.21. The molecule has 8 nitrogen and oxygen atoms in total. The van der Waals surface area contributed by atoms with Gasteiger partial charge >= 0.3 is 5.97 Å². The first kappa shape index (κ1) is 33.4. The van der Waals surface area contributed by atoms with Crippen molar-refractivity contribution in [2.24, 2.45) is 0 Å². The van der Waals surface area contributed by atoms with Gasteiger partial charge in [0.15, 0.2) is 5.78 Å². The predicted octanol–water partition coefficient (Wildman–Crippen LogP) is 7.58. The molecule has 0 spiro atoms. The van der Waals surface area contributed by atoms with E-state index in [1.165, 1.54) is 18.9 Å². The van der Waals surface area contributed by atoms with E-state index in [4.69, 9.17) is 9.47 Å². The summed E-state index contributed by atoms with van der Waals surface area (Å²) in [5.41, 5.74) is 4.53. The number of Topliss-reactive ketones (excluding diaryl/α,β-unsaturated/α-hetero) is 1. The number of hydrogen-bond acceptors (Lipinski definition) is 6. The number of anilines is 2. The quantitative estimate of drug-likeness (QED) is 0.109. The first-order valence-corrected chi connectivity index (χ1v) is 14.7. The molecule has 0 aliphatic heterocycles. The molecule has 0 heterocycles. The van der Waals surface area contributed by atoms with Gasteiger partial charge in [0.1, 0.15) is 11.4 Å². The van der Waals surface area contributed by atoms with Crippen LogP contribution in [0.25, 0.3) is 12.2 Å². The van der Waals surface area contributed by atoms with Crippen molar-refractivity contribution >= 4 is 47.1 Å². The van der Waals surface area contributed by atoms with Gasteiger partial charge in [0, 0.05) is 36.6 Å². The van der Waals surface area contributed by atoms with Crippen LogP contribution in [0.5, 0.6) is 5.75 Å². The second-order valence-corrected chi connectivity index (χ2v) is 11.8. The third-order valence-electron chi connectivity index (χ3n) is 7.21. The minimum Gasteiger partial charge on any atom is -0.487 e. The summed E-state index contributed by atoms with van der Waals surface area (Å²) in [4.78, 5) is 53.0. The number of carbonyl (C=O) groups excluding carboxylic acids is 4. The summed E-state index contributed by atoms with van der Waals surface area (Å²) >= 11 is 0. The lowest BCUT2D eigenvalue weighted by atomic mass is 10.0. The maximum Gasteiger partial charge on any atom is 0.337 e. The number of rotatable bonds is 9. The lowest BCUT2D eigenvalue weighted by Crippen LogP contribution is -2.27. The molecule has 0 saturated heterocycles. The zero-order chi connectivity index (χ0) is 33.6. The number of carbonyl (C=O) groups is 4. The number of amides is 2. The fourth-order valence-electron chi connectivity index (χ4n) is 4.67. The summed E-state index contributed by atoms with van der Waals surface area (Å²) < 4.78 is 10.7. The first-order chi connectivity index (χ1) is 21.8. The van der Waals surface area contributed by atoms with Crippen molar-refractivity contribution in [3.05, 3.63) is 124 Å². The highest BCUT2D eigenvalue weighted by Crippen LogP contribution is 2.27. The molecule has 4 aromatic rings. The van der Waals surface area contributed by atoms with E-state index in [1.54, 1.807) is 73.6 Å². The number of hydrogen-bond donors (Lipinski definition) is 0. The van der Waals surface area contributed by atoms with E-state index in [1.807, 2.05) is 69.3 Å². The van der Waals surface area contributed by atoms with Gasteiger partial charge in [-0.15, -0.1) is 0 Å². The van der Waals surface area contributed by atoms with Gasteiger partial charge in [-0.25, -0.2) is 4.79 Å². The highest BCUT2D eigenvalue weighted by Gasteiger charge is 2.19. The standard InChI is InChI=1S/C38H38N2O6/c1-25(41)33-23-12-27(24-34(33)46-38(2,3)4)9-8-26-10-19-31(20-11-26)39(5)36(43)29-17-21-32(22-18-29)40(6)35(42)28-13-15-30(16-14-28)37(44)45-7/h8-24H,1-7H3/b9-8+. The molecule has 0 aromatic heterocycles.